The summed E-state index contributed by atoms with van der Waals surface area (Å²) < 4.78 is 34.8. The first-order chi connectivity index (χ1) is 16.4. The van der Waals surface area contributed by atoms with Gasteiger partial charge in [0, 0.05) is 23.2 Å². The highest BCUT2D eigenvalue weighted by Gasteiger charge is 2.28. The minimum Gasteiger partial charge on any atom is -0.451 e. The number of rotatable bonds is 6. The number of imidazole rings is 1. The molecule has 172 valence electrons. The van der Waals surface area contributed by atoms with Gasteiger partial charge in [-0.25, -0.2) is 13.8 Å². The number of H-pyrrole nitrogens is 2. The molecule has 0 saturated heterocycles. The molecule has 1 unspecified atom stereocenters. The molecule has 5 aromatic rings. The molecule has 0 aliphatic rings. The lowest BCUT2D eigenvalue weighted by atomic mass is 9.92. The second kappa shape index (κ2) is 8.40. The highest BCUT2D eigenvalue weighted by molar-refractivity contribution is 5.82. The maximum atomic E-state index is 14.8. The molecular formula is C26H21F2N3O3. The van der Waals surface area contributed by atoms with Crippen molar-refractivity contribution in [1.82, 2.24) is 15.0 Å². The van der Waals surface area contributed by atoms with Crippen molar-refractivity contribution in [2.75, 3.05) is 0 Å². The van der Waals surface area contributed by atoms with Crippen LogP contribution in [0.15, 0.2) is 73.1 Å². The third-order valence-electron chi connectivity index (χ3n) is 5.80. The van der Waals surface area contributed by atoms with Crippen LogP contribution in [0.4, 0.5) is 8.78 Å². The number of nitrogens with one attached hydrogen (secondary N) is 2. The molecule has 0 spiro atoms. The molecule has 4 N–H and O–H groups in total. The fraction of sp³-hybridized carbons (Fsp3) is 0.115. The number of nitrogens with zero attached hydrogens (tertiary/aromatic N) is 1. The Morgan fingerprint density at radius 1 is 1.06 bits per heavy atom. The standard InChI is InChI=1S/C26H21F2N3O3/c1-26(33,17-6-2-4-15(10-17)14-32)22-13-30-25(31-22)16-5-3-7-18(11-16)34-24-20(27)12-21-19(23(24)28)8-9-29-21/h2-13,29,32-33H,14H2,1H3,(H,30,31). The fourth-order valence-corrected chi connectivity index (χ4v) is 3.87. The van der Waals surface area contributed by atoms with Crippen LogP contribution in [0.2, 0.25) is 0 Å². The first-order valence-electron chi connectivity index (χ1n) is 10.6. The lowest BCUT2D eigenvalue weighted by Gasteiger charge is -2.22. The largest absolute Gasteiger partial charge is 0.451 e. The monoisotopic (exact) mass is 461 g/mol. The van der Waals surface area contributed by atoms with Gasteiger partial charge >= 0.3 is 0 Å². The van der Waals surface area contributed by atoms with E-state index in [1.165, 1.54) is 24.5 Å². The Morgan fingerprint density at radius 3 is 2.71 bits per heavy atom. The van der Waals surface area contributed by atoms with Crippen molar-refractivity contribution < 1.29 is 23.7 Å². The smallest absolute Gasteiger partial charge is 0.199 e. The van der Waals surface area contributed by atoms with Crippen LogP contribution in [0.5, 0.6) is 11.5 Å². The number of benzene rings is 3. The van der Waals surface area contributed by atoms with E-state index in [1.807, 2.05) is 0 Å². The lowest BCUT2D eigenvalue weighted by Crippen LogP contribution is -2.23. The van der Waals surface area contributed by atoms with Crippen LogP contribution < -0.4 is 4.74 Å². The molecule has 0 fully saturated rings. The molecule has 1 atom stereocenters. The Kier molecular flexibility index (Phi) is 5.39. The van der Waals surface area contributed by atoms with E-state index in [-0.39, 0.29) is 17.7 Å². The zero-order valence-corrected chi connectivity index (χ0v) is 18.1. The Labute approximate surface area is 193 Å². The number of aliphatic hydroxyl groups excluding tert-OH is 1. The summed E-state index contributed by atoms with van der Waals surface area (Å²) in [6.45, 7) is 1.49. The average molecular weight is 461 g/mol. The number of aromatic nitrogens is 3. The molecule has 8 heteroatoms. The number of fused-ring (bicyclic) bond motifs is 1. The summed E-state index contributed by atoms with van der Waals surface area (Å²) in [6, 6.07) is 16.3. The van der Waals surface area contributed by atoms with E-state index < -0.39 is 23.0 Å². The van der Waals surface area contributed by atoms with Crippen molar-refractivity contribution >= 4 is 10.9 Å². The molecule has 2 aromatic heterocycles. The van der Waals surface area contributed by atoms with E-state index in [2.05, 4.69) is 15.0 Å². The van der Waals surface area contributed by atoms with Crippen LogP contribution in [0.1, 0.15) is 23.7 Å². The van der Waals surface area contributed by atoms with E-state index >= 15 is 0 Å². The molecular weight excluding hydrogens is 440 g/mol. The number of halogens is 2. The minimum atomic E-state index is -1.39. The maximum Gasteiger partial charge on any atom is 0.199 e. The van der Waals surface area contributed by atoms with Crippen LogP contribution in [-0.2, 0) is 12.2 Å². The first-order valence-corrected chi connectivity index (χ1v) is 10.6. The van der Waals surface area contributed by atoms with E-state index in [0.29, 0.717) is 33.7 Å². The van der Waals surface area contributed by atoms with Crippen molar-refractivity contribution in [3.05, 3.63) is 102 Å². The molecule has 6 nitrogen and oxygen atoms in total. The first kappa shape index (κ1) is 21.8. The third kappa shape index (κ3) is 3.83. The average Bonchev–Trinajstić information content (AvgIpc) is 3.52. The highest BCUT2D eigenvalue weighted by Crippen LogP contribution is 2.35. The molecule has 0 radical (unpaired) electrons. The van der Waals surface area contributed by atoms with E-state index in [4.69, 9.17) is 4.74 Å². The van der Waals surface area contributed by atoms with Gasteiger partial charge in [0.2, 0.25) is 0 Å². The quantitative estimate of drug-likeness (QED) is 0.273. The van der Waals surface area contributed by atoms with Gasteiger partial charge in [0.15, 0.2) is 17.4 Å². The Balaban J connectivity index is 1.45. The van der Waals surface area contributed by atoms with E-state index in [0.717, 1.165) is 0 Å². The van der Waals surface area contributed by atoms with Crippen molar-refractivity contribution in [1.29, 1.82) is 0 Å². The van der Waals surface area contributed by atoms with Crippen LogP contribution in [0.3, 0.4) is 0 Å². The number of hydrogen-bond donors (Lipinski definition) is 4. The van der Waals surface area contributed by atoms with Gasteiger partial charge in [-0.05, 0) is 36.2 Å². The lowest BCUT2D eigenvalue weighted by molar-refractivity contribution is 0.0977. The molecule has 0 saturated carbocycles. The maximum absolute atomic E-state index is 14.8. The van der Waals surface area contributed by atoms with Crippen LogP contribution >= 0.6 is 0 Å². The van der Waals surface area contributed by atoms with Crippen molar-refractivity contribution in [3.63, 3.8) is 0 Å². The number of ether oxygens (including phenoxy) is 1. The Hall–Kier alpha value is -4.01. The number of aromatic amines is 2. The van der Waals surface area contributed by atoms with Gasteiger partial charge in [-0.2, -0.15) is 0 Å². The van der Waals surface area contributed by atoms with Gasteiger partial charge < -0.3 is 24.9 Å². The zero-order chi connectivity index (χ0) is 23.9. The topological polar surface area (TPSA) is 94.2 Å². The molecule has 34 heavy (non-hydrogen) atoms. The van der Waals surface area contributed by atoms with Crippen LogP contribution in [-0.4, -0.2) is 25.2 Å². The predicted molar refractivity (Wildman–Crippen MR) is 123 cm³/mol. The fourth-order valence-electron chi connectivity index (χ4n) is 3.87. The van der Waals surface area contributed by atoms with Crippen LogP contribution in [0, 0.1) is 11.6 Å². The molecule has 0 aliphatic carbocycles. The molecule has 2 heterocycles. The molecule has 0 aliphatic heterocycles. The third-order valence-corrected chi connectivity index (χ3v) is 5.80. The molecule has 0 amide bonds. The summed E-state index contributed by atoms with van der Waals surface area (Å²) in [7, 11) is 0. The van der Waals surface area contributed by atoms with Crippen molar-refractivity contribution in [3.8, 4) is 22.9 Å². The second-order valence-electron chi connectivity index (χ2n) is 8.15. The van der Waals surface area contributed by atoms with Gasteiger partial charge in [0.25, 0.3) is 0 Å². The van der Waals surface area contributed by atoms with Crippen molar-refractivity contribution in [2.24, 2.45) is 0 Å². The summed E-state index contributed by atoms with van der Waals surface area (Å²) in [5.41, 5.74) is 1.28. The van der Waals surface area contributed by atoms with Gasteiger partial charge in [0.1, 0.15) is 17.2 Å². The zero-order valence-electron chi connectivity index (χ0n) is 18.1. The minimum absolute atomic E-state index is 0.136. The SMILES string of the molecule is CC(O)(c1cccc(CO)c1)c1cnc(-c2cccc(Oc3c(F)cc4[nH]ccc4c3F)c2)[nH]1. The Bertz CT molecular complexity index is 1490. The number of aliphatic hydroxyl groups is 2. The summed E-state index contributed by atoms with van der Waals surface area (Å²) in [5.74, 6) is -1.43. The summed E-state index contributed by atoms with van der Waals surface area (Å²) in [5, 5.41) is 20.8. The Morgan fingerprint density at radius 2 is 1.88 bits per heavy atom. The highest BCUT2D eigenvalue weighted by atomic mass is 19.1. The van der Waals surface area contributed by atoms with Crippen molar-refractivity contribution in [2.45, 2.75) is 19.1 Å². The predicted octanol–water partition coefficient (Wildman–Crippen LogP) is 5.38. The summed E-state index contributed by atoms with van der Waals surface area (Å²) in [6.07, 6.45) is 3.05. The van der Waals surface area contributed by atoms with Crippen LogP contribution in [0.25, 0.3) is 22.3 Å². The van der Waals surface area contributed by atoms with Gasteiger partial charge in [-0.1, -0.05) is 36.4 Å². The normalized spacial score (nSPS) is 13.2. The van der Waals surface area contributed by atoms with E-state index in [1.54, 1.807) is 55.5 Å². The summed E-state index contributed by atoms with van der Waals surface area (Å²) in [4.78, 5) is 10.2. The molecule has 5 rings (SSSR count). The van der Waals surface area contributed by atoms with Gasteiger partial charge in [-0.3, -0.25) is 0 Å². The number of hydrogen-bond acceptors (Lipinski definition) is 4. The molecule has 3 aromatic carbocycles. The summed E-state index contributed by atoms with van der Waals surface area (Å²) >= 11 is 0. The molecule has 0 bridgehead atoms. The van der Waals surface area contributed by atoms with Gasteiger partial charge in [-0.15, -0.1) is 0 Å². The second-order valence-corrected chi connectivity index (χ2v) is 8.15. The van der Waals surface area contributed by atoms with E-state index in [9.17, 15) is 19.0 Å². The van der Waals surface area contributed by atoms with Gasteiger partial charge in [0.05, 0.1) is 24.0 Å².